The van der Waals surface area contributed by atoms with Crippen molar-refractivity contribution in [2.75, 3.05) is 49.6 Å². The Hall–Kier alpha value is -1.80. The molecule has 2 heterocycles. The Labute approximate surface area is 155 Å². The van der Waals surface area contributed by atoms with Crippen molar-refractivity contribution >= 4 is 21.4 Å². The third kappa shape index (κ3) is 3.96. The summed E-state index contributed by atoms with van der Waals surface area (Å²) in [5.74, 6) is 0.488. The van der Waals surface area contributed by atoms with Gasteiger partial charge in [0.05, 0.1) is 23.2 Å². The monoisotopic (exact) mass is 381 g/mol. The summed E-state index contributed by atoms with van der Waals surface area (Å²) in [5.41, 5.74) is 0.819. The van der Waals surface area contributed by atoms with Crippen LogP contribution in [0.25, 0.3) is 0 Å². The van der Waals surface area contributed by atoms with Crippen molar-refractivity contribution in [3.63, 3.8) is 0 Å². The number of aromatic hydroxyl groups is 1. The second kappa shape index (κ2) is 7.44. The Morgan fingerprint density at radius 3 is 2.46 bits per heavy atom. The van der Waals surface area contributed by atoms with E-state index in [1.165, 1.54) is 0 Å². The van der Waals surface area contributed by atoms with Crippen molar-refractivity contribution in [1.82, 2.24) is 9.80 Å². The van der Waals surface area contributed by atoms with Crippen LogP contribution in [0.4, 0.5) is 5.69 Å². The zero-order valence-corrected chi connectivity index (χ0v) is 16.2. The number of carbonyl (C=O) groups excluding carboxylic acids is 1. The van der Waals surface area contributed by atoms with Gasteiger partial charge in [0, 0.05) is 39.3 Å². The Morgan fingerprint density at radius 2 is 1.88 bits per heavy atom. The number of rotatable bonds is 4. The fourth-order valence-electron chi connectivity index (χ4n) is 3.79. The third-order valence-electron chi connectivity index (χ3n) is 5.55. The minimum atomic E-state index is -3.00. The number of sulfone groups is 1. The number of nitrogens with zero attached hydrogens (tertiary/aromatic N) is 3. The molecule has 0 saturated carbocycles. The number of benzene rings is 1. The molecule has 0 aliphatic carbocycles. The largest absolute Gasteiger partial charge is 0.506 e. The molecule has 1 amide bonds. The molecule has 144 valence electrons. The molecule has 2 atom stereocenters. The van der Waals surface area contributed by atoms with E-state index in [4.69, 9.17) is 0 Å². The second-order valence-corrected chi connectivity index (χ2v) is 9.42. The van der Waals surface area contributed by atoms with Gasteiger partial charge >= 0.3 is 0 Å². The quantitative estimate of drug-likeness (QED) is 0.820. The lowest BCUT2D eigenvalue weighted by Crippen LogP contribution is -2.55. The van der Waals surface area contributed by atoms with Crippen molar-refractivity contribution < 1.29 is 18.3 Å². The molecule has 7 nitrogen and oxygen atoms in total. The molecule has 8 heteroatoms. The molecule has 26 heavy (non-hydrogen) atoms. The van der Waals surface area contributed by atoms with Gasteiger partial charge in [-0.15, -0.1) is 0 Å². The van der Waals surface area contributed by atoms with Crippen LogP contribution >= 0.6 is 0 Å². The summed E-state index contributed by atoms with van der Waals surface area (Å²) >= 11 is 0. The van der Waals surface area contributed by atoms with Crippen molar-refractivity contribution in [3.05, 3.63) is 24.3 Å². The number of anilines is 1. The van der Waals surface area contributed by atoms with Gasteiger partial charge in [0.1, 0.15) is 5.75 Å². The molecule has 1 aromatic rings. The highest BCUT2D eigenvalue weighted by Gasteiger charge is 2.36. The van der Waals surface area contributed by atoms with Crippen LogP contribution in [0.3, 0.4) is 0 Å². The lowest BCUT2D eigenvalue weighted by molar-refractivity contribution is -0.136. The number of hydrogen-bond acceptors (Lipinski definition) is 6. The van der Waals surface area contributed by atoms with E-state index in [0.717, 1.165) is 31.9 Å². The standard InChI is InChI=1S/C18H27N3O4S/c1-14(18(23)19(2)15-7-12-26(24,25)13-15)20-8-10-21(11-9-20)16-5-3-4-6-17(16)22/h3-6,14-15,22H,7-13H2,1-2H3/t14-,15-/m1/s1. The van der Waals surface area contributed by atoms with Crippen LogP contribution in [0.15, 0.2) is 24.3 Å². The zero-order chi connectivity index (χ0) is 18.9. The van der Waals surface area contributed by atoms with E-state index in [2.05, 4.69) is 9.80 Å². The van der Waals surface area contributed by atoms with Gasteiger partial charge in [-0.25, -0.2) is 8.42 Å². The second-order valence-electron chi connectivity index (χ2n) is 7.19. The predicted molar refractivity (Wildman–Crippen MR) is 101 cm³/mol. The number of phenols is 1. The van der Waals surface area contributed by atoms with Gasteiger partial charge < -0.3 is 14.9 Å². The van der Waals surface area contributed by atoms with Crippen LogP contribution in [0.1, 0.15) is 13.3 Å². The maximum atomic E-state index is 12.8. The van der Waals surface area contributed by atoms with Crippen LogP contribution in [0.2, 0.25) is 0 Å². The number of phenolic OH excluding ortho intramolecular Hbond substituents is 1. The Bertz CT molecular complexity index is 759. The summed E-state index contributed by atoms with van der Waals surface area (Å²) in [5, 5.41) is 10.00. The Balaban J connectivity index is 1.57. The van der Waals surface area contributed by atoms with Crippen LogP contribution in [0, 0.1) is 0 Å². The predicted octanol–water partition coefficient (Wildman–Crippen LogP) is 0.548. The van der Waals surface area contributed by atoms with E-state index in [-0.39, 0.29) is 35.2 Å². The van der Waals surface area contributed by atoms with E-state index in [1.54, 1.807) is 24.1 Å². The summed E-state index contributed by atoms with van der Waals surface area (Å²) in [6.07, 6.45) is 0.526. The van der Waals surface area contributed by atoms with E-state index in [1.807, 2.05) is 19.1 Å². The fourth-order valence-corrected chi connectivity index (χ4v) is 5.57. The van der Waals surface area contributed by atoms with Crippen molar-refractivity contribution in [2.24, 2.45) is 0 Å². The minimum absolute atomic E-state index is 0.0249. The first-order valence-corrected chi connectivity index (χ1v) is 10.8. The molecule has 2 fully saturated rings. The van der Waals surface area contributed by atoms with Crippen LogP contribution in [-0.4, -0.2) is 86.0 Å². The topological polar surface area (TPSA) is 81.2 Å². The molecule has 1 aromatic carbocycles. The summed E-state index contributed by atoms with van der Waals surface area (Å²) in [6.45, 7) is 4.79. The number of likely N-dealkylation sites (N-methyl/N-ethyl adjacent to an activating group) is 1. The molecule has 1 N–H and O–H groups in total. The first kappa shape index (κ1) is 19.0. The molecule has 0 aromatic heterocycles. The maximum absolute atomic E-state index is 12.8. The lowest BCUT2D eigenvalue weighted by atomic mass is 10.1. The first-order valence-electron chi connectivity index (χ1n) is 9.02. The summed E-state index contributed by atoms with van der Waals surface area (Å²) < 4.78 is 23.3. The van der Waals surface area contributed by atoms with Gasteiger partial charge in [0.15, 0.2) is 9.84 Å². The number of piperazine rings is 1. The van der Waals surface area contributed by atoms with E-state index in [0.29, 0.717) is 6.42 Å². The molecule has 0 radical (unpaired) electrons. The number of carbonyl (C=O) groups is 1. The molecular weight excluding hydrogens is 354 g/mol. The van der Waals surface area contributed by atoms with E-state index < -0.39 is 9.84 Å². The molecule has 3 rings (SSSR count). The van der Waals surface area contributed by atoms with E-state index in [9.17, 15) is 18.3 Å². The fraction of sp³-hybridized carbons (Fsp3) is 0.611. The van der Waals surface area contributed by atoms with Gasteiger partial charge in [-0.3, -0.25) is 9.69 Å². The normalized spacial score (nSPS) is 24.4. The van der Waals surface area contributed by atoms with Crippen LogP contribution in [0.5, 0.6) is 5.75 Å². The molecule has 0 bridgehead atoms. The maximum Gasteiger partial charge on any atom is 0.239 e. The SMILES string of the molecule is C[C@H](C(=O)N(C)[C@@H]1CCS(=O)(=O)C1)N1CCN(c2ccccc2O)CC1. The molecular formula is C18H27N3O4S. The summed E-state index contributed by atoms with van der Waals surface area (Å²) in [7, 11) is -1.29. The lowest BCUT2D eigenvalue weighted by Gasteiger charge is -2.40. The first-order chi connectivity index (χ1) is 12.3. The van der Waals surface area contributed by atoms with E-state index >= 15 is 0 Å². The number of amides is 1. The zero-order valence-electron chi connectivity index (χ0n) is 15.3. The van der Waals surface area contributed by atoms with Crippen LogP contribution < -0.4 is 4.90 Å². The molecule has 0 unspecified atom stereocenters. The van der Waals surface area contributed by atoms with Crippen molar-refractivity contribution in [3.8, 4) is 5.75 Å². The number of hydrogen-bond donors (Lipinski definition) is 1. The van der Waals surface area contributed by atoms with Crippen molar-refractivity contribution in [1.29, 1.82) is 0 Å². The van der Waals surface area contributed by atoms with Gasteiger partial charge in [-0.1, -0.05) is 12.1 Å². The van der Waals surface area contributed by atoms with Gasteiger partial charge in [0.2, 0.25) is 5.91 Å². The van der Waals surface area contributed by atoms with Crippen LogP contribution in [-0.2, 0) is 14.6 Å². The summed E-state index contributed by atoms with van der Waals surface area (Å²) in [4.78, 5) is 18.6. The number of para-hydroxylation sites is 2. The molecule has 2 saturated heterocycles. The average molecular weight is 381 g/mol. The molecule has 0 spiro atoms. The van der Waals surface area contributed by atoms with Gasteiger partial charge in [-0.2, -0.15) is 0 Å². The molecule has 2 aliphatic rings. The summed E-state index contributed by atoms with van der Waals surface area (Å²) in [6, 6.07) is 6.78. The van der Waals surface area contributed by atoms with Crippen molar-refractivity contribution in [2.45, 2.75) is 25.4 Å². The Kier molecular flexibility index (Phi) is 5.43. The highest BCUT2D eigenvalue weighted by molar-refractivity contribution is 7.91. The molecule has 2 aliphatic heterocycles. The Morgan fingerprint density at radius 1 is 1.23 bits per heavy atom. The average Bonchev–Trinajstić information content (AvgIpc) is 3.00. The minimum Gasteiger partial charge on any atom is -0.506 e. The highest BCUT2D eigenvalue weighted by atomic mass is 32.2. The van der Waals surface area contributed by atoms with Gasteiger partial charge in [-0.05, 0) is 25.5 Å². The van der Waals surface area contributed by atoms with Gasteiger partial charge in [0.25, 0.3) is 0 Å². The highest BCUT2D eigenvalue weighted by Crippen LogP contribution is 2.27. The smallest absolute Gasteiger partial charge is 0.239 e. The third-order valence-corrected chi connectivity index (χ3v) is 7.30.